The predicted molar refractivity (Wildman–Crippen MR) is 140 cm³/mol. The maximum absolute atomic E-state index is 13.9. The second-order valence-electron chi connectivity index (χ2n) is 9.98. The number of carbonyl (C=O) groups excluding carboxylic acids is 2. The van der Waals surface area contributed by atoms with Crippen molar-refractivity contribution < 1.29 is 27.5 Å². The third-order valence-corrected chi connectivity index (χ3v) is 8.61. The number of primary sulfonamides is 1. The Kier molecular flexibility index (Phi) is 5.23. The Morgan fingerprint density at radius 1 is 0.974 bits per heavy atom. The molecule has 2 atom stereocenters. The first-order valence-corrected chi connectivity index (χ1v) is 14.0. The molecule has 3 aliphatic rings. The third kappa shape index (κ3) is 3.84. The predicted octanol–water partition coefficient (Wildman–Crippen LogP) is 2.43. The van der Waals surface area contributed by atoms with Crippen LogP contribution in [0.5, 0.6) is 11.5 Å². The van der Waals surface area contributed by atoms with Gasteiger partial charge in [0.25, 0.3) is 0 Å². The van der Waals surface area contributed by atoms with E-state index in [1.165, 1.54) is 17.0 Å². The number of nitrogens with one attached hydrogen (secondary N) is 1. The fourth-order valence-electron chi connectivity index (χ4n) is 5.89. The van der Waals surface area contributed by atoms with Crippen LogP contribution in [0.2, 0.25) is 0 Å². The third-order valence-electron chi connectivity index (χ3n) is 7.68. The van der Waals surface area contributed by atoms with E-state index in [4.69, 9.17) is 14.6 Å². The van der Waals surface area contributed by atoms with Gasteiger partial charge in [0.15, 0.2) is 11.5 Å². The molecule has 7 rings (SSSR count). The lowest BCUT2D eigenvalue weighted by Crippen LogP contribution is -2.62. The molecule has 0 unspecified atom stereocenters. The van der Waals surface area contributed by atoms with E-state index in [0.29, 0.717) is 23.5 Å². The molecular formula is C28H24N4O6S. The molecular weight excluding hydrogens is 520 g/mol. The molecule has 0 aliphatic carbocycles. The molecule has 4 heterocycles. The molecule has 0 spiro atoms. The van der Waals surface area contributed by atoms with Crippen LogP contribution >= 0.6 is 0 Å². The number of piperazine rings is 1. The van der Waals surface area contributed by atoms with Crippen molar-refractivity contribution in [3.8, 4) is 11.5 Å². The summed E-state index contributed by atoms with van der Waals surface area (Å²) >= 11 is 0. The zero-order valence-electron chi connectivity index (χ0n) is 20.7. The Morgan fingerprint density at radius 3 is 2.54 bits per heavy atom. The number of aromatic nitrogens is 1. The van der Waals surface area contributed by atoms with Gasteiger partial charge in [0.05, 0.1) is 10.9 Å². The van der Waals surface area contributed by atoms with Gasteiger partial charge >= 0.3 is 0 Å². The first-order chi connectivity index (χ1) is 18.8. The van der Waals surface area contributed by atoms with Crippen molar-refractivity contribution in [2.75, 3.05) is 13.3 Å². The molecule has 198 valence electrons. The topological polar surface area (TPSA) is 135 Å². The van der Waals surface area contributed by atoms with Gasteiger partial charge in [-0.1, -0.05) is 36.4 Å². The molecule has 39 heavy (non-hydrogen) atoms. The van der Waals surface area contributed by atoms with E-state index in [1.54, 1.807) is 17.0 Å². The number of carbonyl (C=O) groups is 2. The number of nitrogens with two attached hydrogens (primary N) is 1. The molecule has 11 heteroatoms. The van der Waals surface area contributed by atoms with E-state index in [9.17, 15) is 18.0 Å². The van der Waals surface area contributed by atoms with Crippen molar-refractivity contribution in [3.63, 3.8) is 0 Å². The zero-order chi connectivity index (χ0) is 26.9. The normalized spacial score (nSPS) is 20.3. The Morgan fingerprint density at radius 2 is 1.74 bits per heavy atom. The number of fused-ring (bicyclic) bond motifs is 5. The van der Waals surface area contributed by atoms with Gasteiger partial charge in [0.1, 0.15) is 12.6 Å². The van der Waals surface area contributed by atoms with E-state index in [1.807, 2.05) is 42.5 Å². The molecule has 1 fully saturated rings. The SMILES string of the molecule is NS(=O)(=O)c1ccc(CN2CC(=O)N3[C@H](c4ccc5c(c4)OCO5)c4[nH]c5ccccc5c4C[C@@H]3C2=O)cc1. The number of nitrogens with zero attached hydrogens (tertiary/aromatic N) is 2. The number of para-hydroxylation sites is 1. The Balaban J connectivity index is 1.28. The van der Waals surface area contributed by atoms with E-state index in [-0.39, 0.29) is 36.6 Å². The summed E-state index contributed by atoms with van der Waals surface area (Å²) in [5.74, 6) is 0.913. The number of aromatic amines is 1. The summed E-state index contributed by atoms with van der Waals surface area (Å²) < 4.78 is 34.3. The smallest absolute Gasteiger partial charge is 0.246 e. The van der Waals surface area contributed by atoms with Gasteiger partial charge in [-0.3, -0.25) is 9.59 Å². The van der Waals surface area contributed by atoms with E-state index >= 15 is 0 Å². The van der Waals surface area contributed by atoms with Crippen molar-refractivity contribution in [2.24, 2.45) is 5.14 Å². The fraction of sp³-hybridized carbons (Fsp3) is 0.214. The van der Waals surface area contributed by atoms with Crippen LogP contribution in [0.4, 0.5) is 0 Å². The maximum atomic E-state index is 13.9. The number of rotatable bonds is 4. The Labute approximate surface area is 224 Å². The molecule has 3 aromatic carbocycles. The minimum absolute atomic E-state index is 0.0100. The lowest BCUT2D eigenvalue weighted by atomic mass is 9.86. The summed E-state index contributed by atoms with van der Waals surface area (Å²) in [4.78, 5) is 34.4. The van der Waals surface area contributed by atoms with Crippen LogP contribution in [0.15, 0.2) is 71.6 Å². The number of hydrogen-bond acceptors (Lipinski definition) is 6. The highest BCUT2D eigenvalue weighted by molar-refractivity contribution is 7.89. The van der Waals surface area contributed by atoms with Crippen LogP contribution in [0.25, 0.3) is 10.9 Å². The Hall–Kier alpha value is -4.35. The van der Waals surface area contributed by atoms with E-state index in [2.05, 4.69) is 4.98 Å². The van der Waals surface area contributed by atoms with Crippen LogP contribution in [0.1, 0.15) is 28.4 Å². The van der Waals surface area contributed by atoms with Gasteiger partial charge in [-0.25, -0.2) is 13.6 Å². The van der Waals surface area contributed by atoms with Gasteiger partial charge in [-0.2, -0.15) is 0 Å². The van der Waals surface area contributed by atoms with Crippen molar-refractivity contribution >= 4 is 32.7 Å². The van der Waals surface area contributed by atoms with E-state index in [0.717, 1.165) is 27.7 Å². The van der Waals surface area contributed by atoms with Crippen LogP contribution < -0.4 is 14.6 Å². The number of H-pyrrole nitrogens is 1. The Bertz CT molecular complexity index is 1760. The quantitative estimate of drug-likeness (QED) is 0.405. The molecule has 1 aromatic heterocycles. The van der Waals surface area contributed by atoms with Crippen molar-refractivity contribution in [2.45, 2.75) is 29.9 Å². The minimum atomic E-state index is -3.83. The van der Waals surface area contributed by atoms with Crippen LogP contribution in [0, 0.1) is 0 Å². The summed E-state index contributed by atoms with van der Waals surface area (Å²) in [6.45, 7) is 0.218. The van der Waals surface area contributed by atoms with Gasteiger partial charge in [0.2, 0.25) is 28.6 Å². The zero-order valence-corrected chi connectivity index (χ0v) is 21.5. The van der Waals surface area contributed by atoms with Gasteiger partial charge in [-0.15, -0.1) is 0 Å². The number of benzene rings is 3. The molecule has 2 amide bonds. The molecule has 0 bridgehead atoms. The highest BCUT2D eigenvalue weighted by atomic mass is 32.2. The molecule has 1 saturated heterocycles. The molecule has 3 aliphatic heterocycles. The largest absolute Gasteiger partial charge is 0.454 e. The molecule has 4 aromatic rings. The van der Waals surface area contributed by atoms with Crippen molar-refractivity contribution in [3.05, 3.63) is 89.1 Å². The van der Waals surface area contributed by atoms with Crippen molar-refractivity contribution in [1.82, 2.24) is 14.8 Å². The number of ether oxygens (including phenoxy) is 2. The standard InChI is InChI=1S/C28H24N4O6S/c29-39(35,36)18-8-5-16(6-9-18)13-31-14-25(33)32-22(28(31)34)12-20-19-3-1-2-4-21(19)30-26(20)27(32)17-7-10-23-24(11-17)38-15-37-23/h1-11,22,27,30H,12-15H2,(H2,29,35,36)/t22-,27-/m1/s1. The lowest BCUT2D eigenvalue weighted by molar-refractivity contribution is -0.159. The molecule has 0 saturated carbocycles. The molecule has 0 radical (unpaired) electrons. The van der Waals surface area contributed by atoms with Gasteiger partial charge < -0.3 is 24.3 Å². The van der Waals surface area contributed by atoms with Crippen molar-refractivity contribution in [1.29, 1.82) is 0 Å². The number of hydrogen-bond donors (Lipinski definition) is 2. The second-order valence-corrected chi connectivity index (χ2v) is 11.5. The first-order valence-electron chi connectivity index (χ1n) is 12.5. The van der Waals surface area contributed by atoms with Crippen LogP contribution in [0.3, 0.4) is 0 Å². The summed E-state index contributed by atoms with van der Waals surface area (Å²) in [6, 6.07) is 18.4. The van der Waals surface area contributed by atoms with Crippen LogP contribution in [-0.4, -0.2) is 54.4 Å². The summed E-state index contributed by atoms with van der Waals surface area (Å²) in [7, 11) is -3.83. The summed E-state index contributed by atoms with van der Waals surface area (Å²) in [6.07, 6.45) is 0.381. The molecule has 10 nitrogen and oxygen atoms in total. The average molecular weight is 545 g/mol. The summed E-state index contributed by atoms with van der Waals surface area (Å²) in [5.41, 5.74) is 4.37. The fourth-order valence-corrected chi connectivity index (χ4v) is 6.41. The first kappa shape index (κ1) is 23.7. The van der Waals surface area contributed by atoms with E-state index < -0.39 is 22.1 Å². The minimum Gasteiger partial charge on any atom is -0.454 e. The second kappa shape index (κ2) is 8.58. The molecule has 3 N–H and O–H groups in total. The highest BCUT2D eigenvalue weighted by Gasteiger charge is 2.48. The van der Waals surface area contributed by atoms with Crippen LogP contribution in [-0.2, 0) is 32.6 Å². The maximum Gasteiger partial charge on any atom is 0.246 e. The van der Waals surface area contributed by atoms with Gasteiger partial charge in [0, 0.05) is 29.6 Å². The monoisotopic (exact) mass is 544 g/mol. The highest BCUT2D eigenvalue weighted by Crippen LogP contribution is 2.45. The lowest BCUT2D eigenvalue weighted by Gasteiger charge is -2.47. The number of amides is 2. The average Bonchev–Trinajstić information content (AvgIpc) is 3.54. The van der Waals surface area contributed by atoms with Gasteiger partial charge in [-0.05, 0) is 47.0 Å². The summed E-state index contributed by atoms with van der Waals surface area (Å²) in [5, 5.41) is 6.23. The number of sulfonamides is 1.